The predicted molar refractivity (Wildman–Crippen MR) is 63.5 cm³/mol. The Bertz CT molecular complexity index is 398. The maximum Gasteiger partial charge on any atom is 0.179 e. The Morgan fingerprint density at radius 2 is 2.06 bits per heavy atom. The molecule has 0 fully saturated rings. The summed E-state index contributed by atoms with van der Waals surface area (Å²) in [6.07, 6.45) is 0. The molecule has 1 N–H and O–H groups in total. The second-order valence-electron chi connectivity index (χ2n) is 4.65. The Balaban J connectivity index is 2.74. The van der Waals surface area contributed by atoms with E-state index >= 15 is 0 Å². The van der Waals surface area contributed by atoms with Gasteiger partial charge in [-0.15, -0.1) is 0 Å². The van der Waals surface area contributed by atoms with E-state index in [0.717, 1.165) is 6.07 Å². The molecule has 1 aromatic carbocycles. The van der Waals surface area contributed by atoms with Gasteiger partial charge in [-0.2, -0.15) is 0 Å². The van der Waals surface area contributed by atoms with Crippen molar-refractivity contribution in [2.24, 2.45) is 0 Å². The second-order valence-corrected chi connectivity index (χ2v) is 5.09. The van der Waals surface area contributed by atoms with Crippen molar-refractivity contribution in [1.29, 1.82) is 0 Å². The van der Waals surface area contributed by atoms with Crippen molar-refractivity contribution in [3.05, 3.63) is 34.6 Å². The molecule has 0 amide bonds. The van der Waals surface area contributed by atoms with Gasteiger partial charge < -0.3 is 5.32 Å². The van der Waals surface area contributed by atoms with Crippen LogP contribution in [0, 0.1) is 5.82 Å². The van der Waals surface area contributed by atoms with E-state index in [-0.39, 0.29) is 28.5 Å². The van der Waals surface area contributed by atoms with Crippen LogP contribution < -0.4 is 5.32 Å². The highest BCUT2D eigenvalue weighted by Gasteiger charge is 2.15. The summed E-state index contributed by atoms with van der Waals surface area (Å²) in [5, 5.41) is 3.30. The molecule has 0 aliphatic carbocycles. The van der Waals surface area contributed by atoms with Gasteiger partial charge in [0, 0.05) is 10.6 Å². The third-order valence-electron chi connectivity index (χ3n) is 2.01. The summed E-state index contributed by atoms with van der Waals surface area (Å²) < 4.78 is 13.4. The minimum absolute atomic E-state index is 0.0705. The van der Waals surface area contributed by atoms with Gasteiger partial charge in [0.1, 0.15) is 5.82 Å². The van der Waals surface area contributed by atoms with Crippen LogP contribution in [0.1, 0.15) is 31.1 Å². The van der Waals surface area contributed by atoms with Gasteiger partial charge in [0.2, 0.25) is 0 Å². The van der Waals surface area contributed by atoms with Gasteiger partial charge in [-0.1, -0.05) is 11.6 Å². The largest absolute Gasteiger partial charge is 0.305 e. The van der Waals surface area contributed by atoms with Crippen LogP contribution in [0.2, 0.25) is 5.02 Å². The van der Waals surface area contributed by atoms with Crippen LogP contribution in [0.4, 0.5) is 4.39 Å². The van der Waals surface area contributed by atoms with E-state index in [1.54, 1.807) is 0 Å². The Labute approximate surface area is 99.8 Å². The molecule has 88 valence electrons. The van der Waals surface area contributed by atoms with Crippen molar-refractivity contribution < 1.29 is 9.18 Å². The molecule has 1 aromatic rings. The zero-order valence-corrected chi connectivity index (χ0v) is 10.4. The van der Waals surface area contributed by atoms with Crippen molar-refractivity contribution in [2.45, 2.75) is 26.3 Å². The van der Waals surface area contributed by atoms with Crippen LogP contribution in [0.25, 0.3) is 0 Å². The van der Waals surface area contributed by atoms with Crippen molar-refractivity contribution in [3.8, 4) is 0 Å². The first-order valence-corrected chi connectivity index (χ1v) is 5.41. The molecule has 0 unspecified atom stereocenters. The smallest absolute Gasteiger partial charge is 0.179 e. The number of Topliss-reactive ketones (excluding diaryl/α,β-unsaturated/α-hetero) is 1. The third-order valence-corrected chi connectivity index (χ3v) is 2.25. The summed E-state index contributed by atoms with van der Waals surface area (Å²) in [6, 6.07) is 4.06. The number of hydrogen-bond acceptors (Lipinski definition) is 2. The number of halogens is 2. The number of benzene rings is 1. The minimum atomic E-state index is -0.576. The molecular formula is C12H15ClFNO. The molecule has 0 aromatic heterocycles. The number of ketones is 1. The van der Waals surface area contributed by atoms with Gasteiger partial charge in [0.05, 0.1) is 12.1 Å². The van der Waals surface area contributed by atoms with Gasteiger partial charge in [-0.3, -0.25) is 4.79 Å². The first-order chi connectivity index (χ1) is 7.29. The molecule has 0 heterocycles. The molecule has 0 atom stereocenters. The molecule has 0 radical (unpaired) electrons. The molecule has 0 saturated carbocycles. The third kappa shape index (κ3) is 3.91. The monoisotopic (exact) mass is 243 g/mol. The summed E-state index contributed by atoms with van der Waals surface area (Å²) in [4.78, 5) is 11.7. The van der Waals surface area contributed by atoms with E-state index < -0.39 is 5.82 Å². The van der Waals surface area contributed by atoms with Crippen LogP contribution in [0.5, 0.6) is 0 Å². The fraction of sp³-hybridized carbons (Fsp3) is 0.417. The lowest BCUT2D eigenvalue weighted by Gasteiger charge is -2.19. The second kappa shape index (κ2) is 4.93. The molecular weight excluding hydrogens is 229 g/mol. The maximum absolute atomic E-state index is 13.4. The summed E-state index contributed by atoms with van der Waals surface area (Å²) in [6.45, 7) is 5.94. The average molecular weight is 244 g/mol. The van der Waals surface area contributed by atoms with Gasteiger partial charge in [0.25, 0.3) is 0 Å². The molecule has 0 spiro atoms. The normalized spacial score (nSPS) is 11.6. The van der Waals surface area contributed by atoms with E-state index in [2.05, 4.69) is 5.32 Å². The molecule has 16 heavy (non-hydrogen) atoms. The van der Waals surface area contributed by atoms with Gasteiger partial charge >= 0.3 is 0 Å². The van der Waals surface area contributed by atoms with E-state index in [9.17, 15) is 9.18 Å². The maximum atomic E-state index is 13.4. The first kappa shape index (κ1) is 13.1. The summed E-state index contributed by atoms with van der Waals surface area (Å²) >= 11 is 5.60. The lowest BCUT2D eigenvalue weighted by atomic mass is 10.1. The Morgan fingerprint density at radius 3 is 2.56 bits per heavy atom. The molecule has 0 saturated heterocycles. The zero-order chi connectivity index (χ0) is 12.3. The molecule has 2 nitrogen and oxygen atoms in total. The number of carbonyl (C=O) groups excluding carboxylic acids is 1. The summed E-state index contributed by atoms with van der Waals surface area (Å²) in [7, 11) is 0. The number of hydrogen-bond donors (Lipinski definition) is 1. The van der Waals surface area contributed by atoms with Crippen molar-refractivity contribution in [2.75, 3.05) is 6.54 Å². The molecule has 0 bridgehead atoms. The van der Waals surface area contributed by atoms with E-state index in [4.69, 9.17) is 11.6 Å². The molecule has 1 rings (SSSR count). The number of nitrogens with one attached hydrogen (secondary N) is 1. The Morgan fingerprint density at radius 1 is 1.44 bits per heavy atom. The van der Waals surface area contributed by atoms with Crippen LogP contribution in [0.3, 0.4) is 0 Å². The SMILES string of the molecule is CC(C)(C)NCC(=O)c1ccc(Cl)cc1F. The quantitative estimate of drug-likeness (QED) is 0.827. The Kier molecular flexibility index (Phi) is 4.05. The van der Waals surface area contributed by atoms with Crippen LogP contribution in [0.15, 0.2) is 18.2 Å². The standard InChI is InChI=1S/C12H15ClFNO/c1-12(2,3)15-7-11(16)9-5-4-8(13)6-10(9)14/h4-6,15H,7H2,1-3H3. The lowest BCUT2D eigenvalue weighted by molar-refractivity contribution is 0.0978. The summed E-state index contributed by atoms with van der Waals surface area (Å²) in [5.74, 6) is -0.850. The molecule has 4 heteroatoms. The van der Waals surface area contributed by atoms with Crippen molar-refractivity contribution >= 4 is 17.4 Å². The molecule has 0 aliphatic rings. The van der Waals surface area contributed by atoms with Gasteiger partial charge in [-0.05, 0) is 39.0 Å². The van der Waals surface area contributed by atoms with E-state index in [1.807, 2.05) is 20.8 Å². The number of carbonyl (C=O) groups is 1. The highest BCUT2D eigenvalue weighted by molar-refractivity contribution is 6.30. The topological polar surface area (TPSA) is 29.1 Å². The highest BCUT2D eigenvalue weighted by atomic mass is 35.5. The van der Waals surface area contributed by atoms with Crippen LogP contribution in [-0.2, 0) is 0 Å². The fourth-order valence-corrected chi connectivity index (χ4v) is 1.32. The zero-order valence-electron chi connectivity index (χ0n) is 9.60. The predicted octanol–water partition coefficient (Wildman–Crippen LogP) is 3.05. The van der Waals surface area contributed by atoms with Crippen LogP contribution in [-0.4, -0.2) is 17.9 Å². The van der Waals surface area contributed by atoms with Gasteiger partial charge in [-0.25, -0.2) is 4.39 Å². The Hall–Kier alpha value is -0.930. The van der Waals surface area contributed by atoms with Crippen molar-refractivity contribution in [3.63, 3.8) is 0 Å². The van der Waals surface area contributed by atoms with E-state index in [0.29, 0.717) is 0 Å². The molecule has 0 aliphatic heterocycles. The minimum Gasteiger partial charge on any atom is -0.305 e. The first-order valence-electron chi connectivity index (χ1n) is 5.03. The van der Waals surface area contributed by atoms with Crippen molar-refractivity contribution in [1.82, 2.24) is 5.32 Å². The number of rotatable bonds is 3. The van der Waals surface area contributed by atoms with Crippen LogP contribution >= 0.6 is 11.6 Å². The van der Waals surface area contributed by atoms with E-state index in [1.165, 1.54) is 12.1 Å². The lowest BCUT2D eigenvalue weighted by Crippen LogP contribution is -2.39. The highest BCUT2D eigenvalue weighted by Crippen LogP contribution is 2.15. The fourth-order valence-electron chi connectivity index (χ4n) is 1.16. The average Bonchev–Trinajstić information content (AvgIpc) is 2.13. The van der Waals surface area contributed by atoms with Gasteiger partial charge in [0.15, 0.2) is 5.78 Å². The summed E-state index contributed by atoms with van der Waals surface area (Å²) in [5.41, 5.74) is -0.0976.